The number of nitrogens with one attached hydrogen (secondary N) is 2. The summed E-state index contributed by atoms with van der Waals surface area (Å²) in [5, 5.41) is 8.22. The summed E-state index contributed by atoms with van der Waals surface area (Å²) in [7, 11) is 0. The van der Waals surface area contributed by atoms with Gasteiger partial charge in [-0.1, -0.05) is 65.2 Å². The molecule has 0 spiro atoms. The SMILES string of the molecule is CCCCOC1CCC(OCCCC)[C@@H]2[C@H]3CCCC[C@@H]3C[C@@H]2NCCCNC2C[C@H]3CCCCC3[C@H]21. The normalized spacial score (nSPS) is 43.0. The maximum atomic E-state index is 6.90. The minimum Gasteiger partial charge on any atom is -0.378 e. The number of unbranched alkanes of at least 4 members (excludes halogenated alkanes) is 2. The fraction of sp³-hybridized carbons (Fsp3) is 1.00. The van der Waals surface area contributed by atoms with Gasteiger partial charge in [-0.3, -0.25) is 0 Å². The van der Waals surface area contributed by atoms with Crippen LogP contribution in [-0.2, 0) is 9.47 Å². The molecule has 0 aromatic heterocycles. The predicted octanol–water partition coefficient (Wildman–Crippen LogP) is 7.11. The molecule has 4 nitrogen and oxygen atoms in total. The molecule has 5 aliphatic rings. The molecule has 5 fully saturated rings. The molecular formula is C33H60N2O2. The summed E-state index contributed by atoms with van der Waals surface area (Å²) in [4.78, 5) is 0. The Labute approximate surface area is 229 Å². The van der Waals surface area contributed by atoms with Crippen LogP contribution < -0.4 is 10.6 Å². The third-order valence-electron chi connectivity index (χ3n) is 11.4. The zero-order valence-corrected chi connectivity index (χ0v) is 24.4. The van der Waals surface area contributed by atoms with Crippen molar-refractivity contribution in [2.24, 2.45) is 35.5 Å². The number of ether oxygens (including phenoxy) is 2. The third kappa shape index (κ3) is 6.95. The van der Waals surface area contributed by atoms with Gasteiger partial charge in [0.1, 0.15) is 0 Å². The van der Waals surface area contributed by atoms with E-state index in [-0.39, 0.29) is 0 Å². The third-order valence-corrected chi connectivity index (χ3v) is 11.4. The number of rotatable bonds is 8. The number of hydrogen-bond donors (Lipinski definition) is 2. The zero-order chi connectivity index (χ0) is 25.5. The van der Waals surface area contributed by atoms with Crippen molar-refractivity contribution in [2.45, 2.75) is 147 Å². The van der Waals surface area contributed by atoms with Gasteiger partial charge in [-0.2, -0.15) is 0 Å². The number of hydrogen-bond acceptors (Lipinski definition) is 4. The van der Waals surface area contributed by atoms with Crippen molar-refractivity contribution in [3.05, 3.63) is 0 Å². The van der Waals surface area contributed by atoms with Crippen molar-refractivity contribution in [1.82, 2.24) is 10.6 Å². The zero-order valence-electron chi connectivity index (χ0n) is 24.4. The van der Waals surface area contributed by atoms with Gasteiger partial charge in [0.2, 0.25) is 0 Å². The van der Waals surface area contributed by atoms with Crippen molar-refractivity contribution in [3.8, 4) is 0 Å². The monoisotopic (exact) mass is 516 g/mol. The highest BCUT2D eigenvalue weighted by Crippen LogP contribution is 2.51. The standard InChI is InChI=1S/C33H60N2O2/c1-3-5-20-36-30-16-17-31(37-21-6-4-2)33-27-15-10-8-13-25(27)23-29(33)35-19-11-18-34-28-22-24-12-7-9-14-26(24)32(28)30/h24-35H,3-23H2,1-2H3/t24-,25-,26+,27?,28+,29?,30?,31?,32-,33-/m1/s1. The second-order valence-electron chi connectivity index (χ2n) is 13.6. The second kappa shape index (κ2) is 14.5. The summed E-state index contributed by atoms with van der Waals surface area (Å²) in [6, 6.07) is 1.31. The molecular weight excluding hydrogens is 456 g/mol. The molecule has 0 aromatic rings. The van der Waals surface area contributed by atoms with E-state index < -0.39 is 0 Å². The molecule has 4 saturated carbocycles. The Bertz CT molecular complexity index is 604. The minimum absolute atomic E-state index is 0.408. The van der Waals surface area contributed by atoms with E-state index >= 15 is 0 Å². The van der Waals surface area contributed by atoms with Crippen LogP contribution in [0, 0.1) is 35.5 Å². The summed E-state index contributed by atoms with van der Waals surface area (Å²) in [5.74, 6) is 5.02. The van der Waals surface area contributed by atoms with Crippen LogP contribution in [0.2, 0.25) is 0 Å². The first-order chi connectivity index (χ1) is 18.3. The Morgan fingerprint density at radius 2 is 1.03 bits per heavy atom. The van der Waals surface area contributed by atoms with Crippen LogP contribution >= 0.6 is 0 Å². The molecule has 4 aliphatic carbocycles. The Hall–Kier alpha value is -0.160. The highest BCUT2D eigenvalue weighted by atomic mass is 16.5. The van der Waals surface area contributed by atoms with E-state index in [1.165, 1.54) is 109 Å². The smallest absolute Gasteiger partial charge is 0.0621 e. The molecule has 1 heterocycles. The molecule has 5 rings (SSSR count). The van der Waals surface area contributed by atoms with E-state index in [4.69, 9.17) is 9.47 Å². The Balaban J connectivity index is 1.38. The lowest BCUT2D eigenvalue weighted by atomic mass is 9.73. The molecule has 0 radical (unpaired) electrons. The van der Waals surface area contributed by atoms with Crippen LogP contribution in [0.15, 0.2) is 0 Å². The van der Waals surface area contributed by atoms with Gasteiger partial charge in [0, 0.05) is 37.1 Å². The molecule has 0 aromatic carbocycles. The van der Waals surface area contributed by atoms with Crippen LogP contribution in [0.4, 0.5) is 0 Å². The van der Waals surface area contributed by atoms with Crippen molar-refractivity contribution in [3.63, 3.8) is 0 Å². The summed E-state index contributed by atoms with van der Waals surface area (Å²) < 4.78 is 13.8. The highest BCUT2D eigenvalue weighted by Gasteiger charge is 2.50. The molecule has 214 valence electrons. The average molecular weight is 517 g/mol. The van der Waals surface area contributed by atoms with Crippen molar-refractivity contribution in [1.29, 1.82) is 0 Å². The van der Waals surface area contributed by atoms with Gasteiger partial charge in [-0.15, -0.1) is 0 Å². The molecule has 37 heavy (non-hydrogen) atoms. The van der Waals surface area contributed by atoms with E-state index in [2.05, 4.69) is 24.5 Å². The highest BCUT2D eigenvalue weighted by molar-refractivity contribution is 5.02. The van der Waals surface area contributed by atoms with Crippen LogP contribution in [0.3, 0.4) is 0 Å². The largest absolute Gasteiger partial charge is 0.378 e. The quantitative estimate of drug-likeness (QED) is 0.337. The summed E-state index contributed by atoms with van der Waals surface area (Å²) in [6.07, 6.45) is 23.7. The summed E-state index contributed by atoms with van der Waals surface area (Å²) in [5.41, 5.74) is 0. The van der Waals surface area contributed by atoms with Gasteiger partial charge in [-0.05, 0) is 94.5 Å². The maximum Gasteiger partial charge on any atom is 0.0621 e. The molecule has 4 heteroatoms. The van der Waals surface area contributed by atoms with Crippen molar-refractivity contribution < 1.29 is 9.47 Å². The lowest BCUT2D eigenvalue weighted by Crippen LogP contribution is -2.44. The molecule has 0 bridgehead atoms. The Morgan fingerprint density at radius 1 is 0.568 bits per heavy atom. The van der Waals surface area contributed by atoms with Crippen LogP contribution in [0.25, 0.3) is 0 Å². The van der Waals surface area contributed by atoms with Gasteiger partial charge in [0.15, 0.2) is 0 Å². The fourth-order valence-corrected chi connectivity index (χ4v) is 9.67. The first kappa shape index (κ1) is 28.4. The lowest BCUT2D eigenvalue weighted by Gasteiger charge is -2.38. The topological polar surface area (TPSA) is 42.5 Å². The Kier molecular flexibility index (Phi) is 11.1. The van der Waals surface area contributed by atoms with Crippen molar-refractivity contribution >= 4 is 0 Å². The Morgan fingerprint density at radius 3 is 1.49 bits per heavy atom. The maximum absolute atomic E-state index is 6.90. The average Bonchev–Trinajstić information content (AvgIpc) is 3.47. The second-order valence-corrected chi connectivity index (χ2v) is 13.6. The summed E-state index contributed by atoms with van der Waals surface area (Å²) >= 11 is 0. The molecule has 10 atom stereocenters. The van der Waals surface area contributed by atoms with Gasteiger partial charge in [0.25, 0.3) is 0 Å². The van der Waals surface area contributed by atoms with Crippen molar-refractivity contribution in [2.75, 3.05) is 26.3 Å². The lowest BCUT2D eigenvalue weighted by molar-refractivity contribution is -0.0538. The first-order valence-corrected chi connectivity index (χ1v) is 17.0. The molecule has 2 N–H and O–H groups in total. The summed E-state index contributed by atoms with van der Waals surface area (Å²) in [6.45, 7) is 8.82. The van der Waals surface area contributed by atoms with E-state index in [9.17, 15) is 0 Å². The van der Waals surface area contributed by atoms with Crippen LogP contribution in [0.1, 0.15) is 123 Å². The first-order valence-electron chi connectivity index (χ1n) is 17.0. The molecule has 1 aliphatic heterocycles. The minimum atomic E-state index is 0.408. The van der Waals surface area contributed by atoms with Gasteiger partial charge < -0.3 is 20.1 Å². The van der Waals surface area contributed by atoms with Gasteiger partial charge >= 0.3 is 0 Å². The van der Waals surface area contributed by atoms with E-state index in [1.54, 1.807) is 0 Å². The van der Waals surface area contributed by atoms with E-state index in [0.717, 1.165) is 50.0 Å². The van der Waals surface area contributed by atoms with Gasteiger partial charge in [-0.25, -0.2) is 0 Å². The van der Waals surface area contributed by atoms with E-state index in [0.29, 0.717) is 36.1 Å². The number of fused-ring (bicyclic) bond motifs is 6. The van der Waals surface area contributed by atoms with Gasteiger partial charge in [0.05, 0.1) is 12.2 Å². The van der Waals surface area contributed by atoms with E-state index in [1.807, 2.05) is 0 Å². The molecule has 1 saturated heterocycles. The van der Waals surface area contributed by atoms with Crippen LogP contribution in [-0.4, -0.2) is 50.6 Å². The van der Waals surface area contributed by atoms with Crippen LogP contribution in [0.5, 0.6) is 0 Å². The predicted molar refractivity (Wildman–Crippen MR) is 154 cm³/mol. The fourth-order valence-electron chi connectivity index (χ4n) is 9.67. The molecule has 0 amide bonds. The molecule has 4 unspecified atom stereocenters.